The van der Waals surface area contributed by atoms with E-state index in [4.69, 9.17) is 0 Å². The molecule has 5 heteroatoms. The number of hydrogen-bond donors (Lipinski definition) is 1. The van der Waals surface area contributed by atoms with Gasteiger partial charge in [0, 0.05) is 18.8 Å². The van der Waals surface area contributed by atoms with Gasteiger partial charge in [-0.3, -0.25) is 4.79 Å². The van der Waals surface area contributed by atoms with Crippen LogP contribution in [0.15, 0.2) is 42.7 Å². The van der Waals surface area contributed by atoms with Crippen molar-refractivity contribution in [2.24, 2.45) is 0 Å². The summed E-state index contributed by atoms with van der Waals surface area (Å²) in [5, 5.41) is 3.13. The minimum atomic E-state index is -0.181. The highest BCUT2D eigenvalue weighted by Crippen LogP contribution is 2.14. The molecular formula is C15H18N4O. The molecule has 0 aliphatic heterocycles. The molecule has 0 saturated carbocycles. The van der Waals surface area contributed by atoms with Crippen molar-refractivity contribution in [1.82, 2.24) is 9.97 Å². The number of amides is 1. The van der Waals surface area contributed by atoms with Crippen molar-refractivity contribution in [3.8, 4) is 0 Å². The minimum absolute atomic E-state index is 0.181. The quantitative estimate of drug-likeness (QED) is 0.927. The Hall–Kier alpha value is -2.43. The lowest BCUT2D eigenvalue weighted by Crippen LogP contribution is -2.27. The van der Waals surface area contributed by atoms with E-state index in [0.717, 1.165) is 5.69 Å². The largest absolute Gasteiger partial charge is 0.367 e. The Morgan fingerprint density at radius 1 is 1.15 bits per heavy atom. The van der Waals surface area contributed by atoms with E-state index in [9.17, 15) is 4.79 Å². The predicted octanol–water partition coefficient (Wildman–Crippen LogP) is 2.57. The SMILES string of the molecule is CC(C)Nc1cnc(C(=O)N(C)c2ccccc2)cn1. The molecule has 1 aromatic heterocycles. The first kappa shape index (κ1) is 14.0. The fraction of sp³-hybridized carbons (Fsp3) is 0.267. The van der Waals surface area contributed by atoms with E-state index in [1.807, 2.05) is 44.2 Å². The van der Waals surface area contributed by atoms with Gasteiger partial charge < -0.3 is 10.2 Å². The van der Waals surface area contributed by atoms with Crippen LogP contribution in [0, 0.1) is 0 Å². The van der Waals surface area contributed by atoms with Gasteiger partial charge in [-0.05, 0) is 26.0 Å². The van der Waals surface area contributed by atoms with Crippen LogP contribution in [0.1, 0.15) is 24.3 Å². The van der Waals surface area contributed by atoms with Crippen molar-refractivity contribution >= 4 is 17.4 Å². The highest BCUT2D eigenvalue weighted by Gasteiger charge is 2.15. The Bertz CT molecular complexity index is 566. The first-order valence-corrected chi connectivity index (χ1v) is 6.49. The second kappa shape index (κ2) is 6.14. The van der Waals surface area contributed by atoms with Gasteiger partial charge in [0.15, 0.2) is 0 Å². The molecule has 1 aromatic carbocycles. The zero-order valence-electron chi connectivity index (χ0n) is 11.9. The molecule has 0 saturated heterocycles. The molecule has 0 bridgehead atoms. The standard InChI is InChI=1S/C15H18N4O/c1-11(2)18-14-10-16-13(9-17-14)15(20)19(3)12-7-5-4-6-8-12/h4-11H,1-3H3,(H,17,18). The lowest BCUT2D eigenvalue weighted by molar-refractivity contribution is 0.0988. The van der Waals surface area contributed by atoms with Crippen LogP contribution in [0.3, 0.4) is 0 Å². The molecule has 1 heterocycles. The summed E-state index contributed by atoms with van der Waals surface area (Å²) in [5.74, 6) is 0.485. The number of nitrogens with zero attached hydrogens (tertiary/aromatic N) is 3. The highest BCUT2D eigenvalue weighted by molar-refractivity contribution is 6.04. The van der Waals surface area contributed by atoms with Gasteiger partial charge in [0.25, 0.3) is 5.91 Å². The molecule has 2 rings (SSSR count). The predicted molar refractivity (Wildman–Crippen MR) is 80.0 cm³/mol. The average molecular weight is 270 g/mol. The van der Waals surface area contributed by atoms with Gasteiger partial charge in [0.1, 0.15) is 11.5 Å². The monoisotopic (exact) mass is 270 g/mol. The van der Waals surface area contributed by atoms with Gasteiger partial charge in [-0.2, -0.15) is 0 Å². The number of anilines is 2. The third kappa shape index (κ3) is 3.32. The topological polar surface area (TPSA) is 58.1 Å². The third-order valence-electron chi connectivity index (χ3n) is 2.76. The number of carbonyl (C=O) groups excluding carboxylic acids is 1. The van der Waals surface area contributed by atoms with Crippen LogP contribution in [0.4, 0.5) is 11.5 Å². The number of para-hydroxylation sites is 1. The van der Waals surface area contributed by atoms with Crippen LogP contribution in [-0.2, 0) is 0 Å². The first-order chi connectivity index (χ1) is 9.58. The van der Waals surface area contributed by atoms with Crippen molar-refractivity contribution in [3.05, 3.63) is 48.4 Å². The molecule has 104 valence electrons. The Kier molecular flexibility index (Phi) is 4.30. The van der Waals surface area contributed by atoms with Gasteiger partial charge in [-0.25, -0.2) is 9.97 Å². The molecule has 20 heavy (non-hydrogen) atoms. The van der Waals surface area contributed by atoms with Crippen molar-refractivity contribution in [3.63, 3.8) is 0 Å². The summed E-state index contributed by atoms with van der Waals surface area (Å²) >= 11 is 0. The van der Waals surface area contributed by atoms with E-state index in [2.05, 4.69) is 15.3 Å². The van der Waals surface area contributed by atoms with E-state index in [1.165, 1.54) is 6.20 Å². The van der Waals surface area contributed by atoms with E-state index in [0.29, 0.717) is 11.5 Å². The molecule has 1 N–H and O–H groups in total. The van der Waals surface area contributed by atoms with Crippen LogP contribution >= 0.6 is 0 Å². The number of carbonyl (C=O) groups is 1. The lowest BCUT2D eigenvalue weighted by Gasteiger charge is -2.16. The molecule has 0 radical (unpaired) electrons. The summed E-state index contributed by atoms with van der Waals surface area (Å²) < 4.78 is 0. The smallest absolute Gasteiger partial charge is 0.278 e. The van der Waals surface area contributed by atoms with E-state index in [-0.39, 0.29) is 11.9 Å². The second-order valence-electron chi connectivity index (χ2n) is 4.79. The maximum atomic E-state index is 12.3. The van der Waals surface area contributed by atoms with Gasteiger partial charge in [0.05, 0.1) is 12.4 Å². The lowest BCUT2D eigenvalue weighted by atomic mass is 10.3. The van der Waals surface area contributed by atoms with Crippen LogP contribution in [0.5, 0.6) is 0 Å². The molecule has 2 aromatic rings. The van der Waals surface area contributed by atoms with Gasteiger partial charge in [-0.15, -0.1) is 0 Å². The molecule has 0 aliphatic rings. The Labute approximate surface area is 118 Å². The zero-order chi connectivity index (χ0) is 14.5. The van der Waals surface area contributed by atoms with Gasteiger partial charge in [-0.1, -0.05) is 18.2 Å². The first-order valence-electron chi connectivity index (χ1n) is 6.49. The number of nitrogens with one attached hydrogen (secondary N) is 1. The Balaban J connectivity index is 2.13. The molecule has 0 spiro atoms. The van der Waals surface area contributed by atoms with E-state index in [1.54, 1.807) is 18.1 Å². The number of aromatic nitrogens is 2. The zero-order valence-corrected chi connectivity index (χ0v) is 11.9. The molecule has 0 atom stereocenters. The number of rotatable bonds is 4. The Morgan fingerprint density at radius 3 is 2.40 bits per heavy atom. The van der Waals surface area contributed by atoms with Crippen molar-refractivity contribution in [2.75, 3.05) is 17.3 Å². The minimum Gasteiger partial charge on any atom is -0.367 e. The summed E-state index contributed by atoms with van der Waals surface area (Å²) in [7, 11) is 1.72. The summed E-state index contributed by atoms with van der Waals surface area (Å²) in [5.41, 5.74) is 1.15. The fourth-order valence-electron chi connectivity index (χ4n) is 1.75. The number of hydrogen-bond acceptors (Lipinski definition) is 4. The molecule has 5 nitrogen and oxygen atoms in total. The summed E-state index contributed by atoms with van der Waals surface area (Å²) in [6, 6.07) is 9.72. The van der Waals surface area contributed by atoms with Gasteiger partial charge in [0.2, 0.25) is 0 Å². The fourth-order valence-corrected chi connectivity index (χ4v) is 1.75. The Morgan fingerprint density at radius 2 is 1.85 bits per heavy atom. The van der Waals surface area contributed by atoms with E-state index >= 15 is 0 Å². The van der Waals surface area contributed by atoms with Gasteiger partial charge >= 0.3 is 0 Å². The molecule has 0 fully saturated rings. The normalized spacial score (nSPS) is 10.4. The third-order valence-corrected chi connectivity index (χ3v) is 2.76. The van der Waals surface area contributed by atoms with Crippen LogP contribution in [-0.4, -0.2) is 29.0 Å². The molecule has 0 aliphatic carbocycles. The summed E-state index contributed by atoms with van der Waals surface area (Å²) in [6.45, 7) is 4.04. The molecule has 1 amide bonds. The van der Waals surface area contributed by atoms with Crippen molar-refractivity contribution in [2.45, 2.75) is 19.9 Å². The molecule has 0 unspecified atom stereocenters. The summed E-state index contributed by atoms with van der Waals surface area (Å²) in [4.78, 5) is 22.2. The number of benzene rings is 1. The second-order valence-corrected chi connectivity index (χ2v) is 4.79. The van der Waals surface area contributed by atoms with E-state index < -0.39 is 0 Å². The van der Waals surface area contributed by atoms with Crippen LogP contribution in [0.25, 0.3) is 0 Å². The van der Waals surface area contributed by atoms with Crippen molar-refractivity contribution < 1.29 is 4.79 Å². The van der Waals surface area contributed by atoms with Crippen molar-refractivity contribution in [1.29, 1.82) is 0 Å². The van der Waals surface area contributed by atoms with Crippen LogP contribution in [0.2, 0.25) is 0 Å². The maximum absolute atomic E-state index is 12.3. The van der Waals surface area contributed by atoms with Crippen LogP contribution < -0.4 is 10.2 Å². The highest BCUT2D eigenvalue weighted by atomic mass is 16.2. The summed E-state index contributed by atoms with van der Waals surface area (Å²) in [6.07, 6.45) is 3.07. The maximum Gasteiger partial charge on any atom is 0.278 e. The average Bonchev–Trinajstić information content (AvgIpc) is 2.47. The molecular weight excluding hydrogens is 252 g/mol.